The Morgan fingerprint density at radius 1 is 1.04 bits per heavy atom. The Labute approximate surface area is 146 Å². The molecule has 3 rings (SSSR count). The first kappa shape index (κ1) is 16.9. The van der Waals surface area contributed by atoms with Crippen LogP contribution in [0.4, 0.5) is 5.69 Å². The summed E-state index contributed by atoms with van der Waals surface area (Å²) < 4.78 is 10.7. The molecule has 1 heterocycles. The van der Waals surface area contributed by atoms with E-state index in [1.165, 1.54) is 0 Å². The first-order valence-electron chi connectivity index (χ1n) is 8.07. The second-order valence-corrected chi connectivity index (χ2v) is 6.11. The summed E-state index contributed by atoms with van der Waals surface area (Å²) in [4.78, 5) is 17.4. The van der Waals surface area contributed by atoms with Gasteiger partial charge < -0.3 is 19.4 Å². The summed E-state index contributed by atoms with van der Waals surface area (Å²) >= 11 is 0. The lowest BCUT2D eigenvalue weighted by molar-refractivity contribution is 0.394. The number of aryl methyl sites for hydroxylation is 1. The van der Waals surface area contributed by atoms with Crippen molar-refractivity contribution in [3.05, 3.63) is 63.9 Å². The zero-order chi connectivity index (χ0) is 18.0. The molecule has 0 saturated heterocycles. The molecule has 5 heteroatoms. The number of anilines is 1. The summed E-state index contributed by atoms with van der Waals surface area (Å²) in [6.07, 6.45) is 0. The van der Waals surface area contributed by atoms with Gasteiger partial charge >= 0.3 is 0 Å². The second-order valence-electron chi connectivity index (χ2n) is 6.11. The number of aromatic nitrogens is 1. The highest BCUT2D eigenvalue weighted by atomic mass is 16.5. The first-order valence-corrected chi connectivity index (χ1v) is 8.07. The summed E-state index contributed by atoms with van der Waals surface area (Å²) in [6.45, 7) is 2.51. The number of hydrogen-bond acceptors (Lipinski definition) is 4. The molecule has 0 spiro atoms. The van der Waals surface area contributed by atoms with E-state index in [1.54, 1.807) is 14.2 Å². The van der Waals surface area contributed by atoms with Crippen molar-refractivity contribution in [3.8, 4) is 11.5 Å². The van der Waals surface area contributed by atoms with Gasteiger partial charge in [-0.1, -0.05) is 11.6 Å². The molecule has 2 aromatic carbocycles. The third-order valence-corrected chi connectivity index (χ3v) is 4.28. The molecule has 5 nitrogen and oxygen atoms in total. The number of fused-ring (bicyclic) bond motifs is 1. The van der Waals surface area contributed by atoms with E-state index < -0.39 is 0 Å². The fraction of sp³-hybridized carbons (Fsp3) is 0.250. The van der Waals surface area contributed by atoms with E-state index in [2.05, 4.69) is 11.1 Å². The van der Waals surface area contributed by atoms with Crippen LogP contribution in [0.25, 0.3) is 10.9 Å². The molecular weight excluding hydrogens is 316 g/mol. The zero-order valence-electron chi connectivity index (χ0n) is 14.9. The molecule has 0 saturated carbocycles. The van der Waals surface area contributed by atoms with Crippen LogP contribution in [0, 0.1) is 6.92 Å². The van der Waals surface area contributed by atoms with Crippen molar-refractivity contribution in [1.29, 1.82) is 0 Å². The van der Waals surface area contributed by atoms with Crippen molar-refractivity contribution in [1.82, 2.24) is 4.98 Å². The van der Waals surface area contributed by atoms with Gasteiger partial charge in [0.25, 0.3) is 5.56 Å². The van der Waals surface area contributed by atoms with Crippen molar-refractivity contribution >= 4 is 16.6 Å². The minimum atomic E-state index is -0.0734. The number of aromatic amines is 1. The van der Waals surface area contributed by atoms with Crippen molar-refractivity contribution in [2.75, 3.05) is 26.2 Å². The Hall–Kier alpha value is -2.95. The molecule has 1 N–H and O–H groups in total. The molecule has 0 unspecified atom stereocenters. The zero-order valence-corrected chi connectivity index (χ0v) is 14.9. The number of pyridine rings is 1. The van der Waals surface area contributed by atoms with Crippen LogP contribution in [0.15, 0.2) is 47.3 Å². The minimum absolute atomic E-state index is 0.0734. The average molecular weight is 338 g/mol. The molecule has 0 atom stereocenters. The highest BCUT2D eigenvalue weighted by molar-refractivity contribution is 5.79. The van der Waals surface area contributed by atoms with Crippen molar-refractivity contribution in [2.24, 2.45) is 0 Å². The van der Waals surface area contributed by atoms with Crippen LogP contribution in [0.5, 0.6) is 11.5 Å². The second kappa shape index (κ2) is 6.89. The van der Waals surface area contributed by atoms with Crippen molar-refractivity contribution in [3.63, 3.8) is 0 Å². The normalized spacial score (nSPS) is 10.7. The smallest absolute Gasteiger partial charge is 0.253 e. The summed E-state index contributed by atoms with van der Waals surface area (Å²) in [5.74, 6) is 1.43. The van der Waals surface area contributed by atoms with Gasteiger partial charge in [0.05, 0.1) is 19.9 Å². The first-order chi connectivity index (χ1) is 12.0. The third-order valence-electron chi connectivity index (χ3n) is 4.28. The van der Waals surface area contributed by atoms with Crippen LogP contribution < -0.4 is 19.9 Å². The van der Waals surface area contributed by atoms with Gasteiger partial charge in [-0.2, -0.15) is 0 Å². The van der Waals surface area contributed by atoms with Gasteiger partial charge in [0.2, 0.25) is 0 Å². The predicted molar refractivity (Wildman–Crippen MR) is 101 cm³/mol. The molecule has 0 amide bonds. The van der Waals surface area contributed by atoms with E-state index in [4.69, 9.17) is 9.47 Å². The number of nitrogens with one attached hydrogen (secondary N) is 1. The number of ether oxygens (including phenoxy) is 2. The van der Waals surface area contributed by atoms with E-state index >= 15 is 0 Å². The van der Waals surface area contributed by atoms with Gasteiger partial charge in [-0.25, -0.2) is 0 Å². The summed E-state index contributed by atoms with van der Waals surface area (Å²) in [6, 6.07) is 13.6. The largest absolute Gasteiger partial charge is 0.497 e. The van der Waals surface area contributed by atoms with Crippen LogP contribution in [0.3, 0.4) is 0 Å². The molecule has 0 bridgehead atoms. The van der Waals surface area contributed by atoms with Gasteiger partial charge in [-0.05, 0) is 42.6 Å². The average Bonchev–Trinajstić information content (AvgIpc) is 2.62. The molecule has 0 aliphatic rings. The number of methoxy groups -OCH3 is 2. The fourth-order valence-corrected chi connectivity index (χ4v) is 2.93. The monoisotopic (exact) mass is 338 g/mol. The topological polar surface area (TPSA) is 54.6 Å². The Bertz CT molecular complexity index is 963. The number of rotatable bonds is 5. The molecular formula is C20H22N2O3. The maximum Gasteiger partial charge on any atom is 0.253 e. The Morgan fingerprint density at radius 3 is 2.56 bits per heavy atom. The maximum atomic E-state index is 12.4. The van der Waals surface area contributed by atoms with Gasteiger partial charge in [0.1, 0.15) is 11.5 Å². The molecule has 0 aliphatic heterocycles. The van der Waals surface area contributed by atoms with E-state index in [0.29, 0.717) is 17.9 Å². The molecule has 25 heavy (non-hydrogen) atoms. The Kier molecular flexibility index (Phi) is 4.65. The molecule has 1 aromatic heterocycles. The Morgan fingerprint density at radius 2 is 1.84 bits per heavy atom. The highest BCUT2D eigenvalue weighted by Crippen LogP contribution is 2.32. The maximum absolute atomic E-state index is 12.4. The van der Waals surface area contributed by atoms with Gasteiger partial charge in [-0.15, -0.1) is 0 Å². The fourth-order valence-electron chi connectivity index (χ4n) is 2.93. The van der Waals surface area contributed by atoms with E-state index in [0.717, 1.165) is 27.9 Å². The minimum Gasteiger partial charge on any atom is -0.497 e. The number of benzene rings is 2. The molecule has 0 radical (unpaired) electrons. The van der Waals surface area contributed by atoms with E-state index in [-0.39, 0.29) is 5.56 Å². The van der Waals surface area contributed by atoms with Crippen LogP contribution in [0.2, 0.25) is 0 Å². The van der Waals surface area contributed by atoms with Crippen molar-refractivity contribution < 1.29 is 9.47 Å². The Balaban J connectivity index is 1.95. The molecule has 0 fully saturated rings. The van der Waals surface area contributed by atoms with Crippen LogP contribution in [-0.2, 0) is 6.54 Å². The summed E-state index contributed by atoms with van der Waals surface area (Å²) in [5.41, 5.74) is 3.54. The molecule has 130 valence electrons. The van der Waals surface area contributed by atoms with Gasteiger partial charge in [-0.3, -0.25) is 4.79 Å². The number of hydrogen-bond donors (Lipinski definition) is 1. The summed E-state index contributed by atoms with van der Waals surface area (Å²) in [7, 11) is 5.18. The van der Waals surface area contributed by atoms with Crippen LogP contribution in [-0.4, -0.2) is 26.3 Å². The lowest BCUT2D eigenvalue weighted by Crippen LogP contribution is -2.23. The standard InChI is InChI=1S/C20H22N2O3/c1-13-5-7-17-14(9-13)10-15(20(23)21-17)12-22(2)18-8-6-16(24-3)11-19(18)25-4/h5-11H,12H2,1-4H3,(H,21,23). The third kappa shape index (κ3) is 3.45. The predicted octanol–water partition coefficient (Wildman–Crippen LogP) is 3.49. The van der Waals surface area contributed by atoms with Crippen LogP contribution in [0.1, 0.15) is 11.1 Å². The van der Waals surface area contributed by atoms with Gasteiger partial charge in [0.15, 0.2) is 0 Å². The highest BCUT2D eigenvalue weighted by Gasteiger charge is 2.12. The lowest BCUT2D eigenvalue weighted by atomic mass is 10.1. The van der Waals surface area contributed by atoms with E-state index in [1.807, 2.05) is 55.3 Å². The number of nitrogens with zero attached hydrogens (tertiary/aromatic N) is 1. The van der Waals surface area contributed by atoms with Crippen LogP contribution >= 0.6 is 0 Å². The van der Waals surface area contributed by atoms with E-state index in [9.17, 15) is 4.79 Å². The van der Waals surface area contributed by atoms with Crippen molar-refractivity contribution in [2.45, 2.75) is 13.5 Å². The summed E-state index contributed by atoms with van der Waals surface area (Å²) in [5, 5.41) is 1.03. The number of H-pyrrole nitrogens is 1. The van der Waals surface area contributed by atoms with Gasteiger partial charge in [0, 0.05) is 30.7 Å². The SMILES string of the molecule is COc1ccc(N(C)Cc2cc3cc(C)ccc3[nH]c2=O)c(OC)c1. The quantitative estimate of drug-likeness (QED) is 0.774. The molecule has 0 aliphatic carbocycles. The molecule has 3 aromatic rings. The lowest BCUT2D eigenvalue weighted by Gasteiger charge is -2.22.